The predicted octanol–water partition coefficient (Wildman–Crippen LogP) is -3.57. The SMILES string of the molecule is O=[S-](=O)[O-].[Fe+2].[Na+]. The minimum absolute atomic E-state index is 0. The molecule has 32 valence electrons. The first-order chi connectivity index (χ1) is 1.73. The summed E-state index contributed by atoms with van der Waals surface area (Å²) in [6.07, 6.45) is 0. The van der Waals surface area contributed by atoms with E-state index in [-0.39, 0.29) is 46.6 Å². The van der Waals surface area contributed by atoms with Crippen molar-refractivity contribution in [2.45, 2.75) is 0 Å². The van der Waals surface area contributed by atoms with E-state index in [4.69, 9.17) is 13.0 Å². The molecule has 0 radical (unpaired) electrons. The Hall–Kier alpha value is 1.43. The second-order valence-corrected chi connectivity index (χ2v) is 0.612. The molecule has 0 aromatic carbocycles. The molecule has 0 rings (SSSR count). The van der Waals surface area contributed by atoms with E-state index < -0.39 is 11.0 Å². The van der Waals surface area contributed by atoms with Crippen molar-refractivity contribution in [3.63, 3.8) is 0 Å². The van der Waals surface area contributed by atoms with Crippen LogP contribution in [0.25, 0.3) is 0 Å². The fourth-order valence-corrected chi connectivity index (χ4v) is 0. The number of rotatable bonds is 0. The van der Waals surface area contributed by atoms with Crippen molar-refractivity contribution in [2.24, 2.45) is 0 Å². The quantitative estimate of drug-likeness (QED) is 0.159. The van der Waals surface area contributed by atoms with E-state index in [9.17, 15) is 0 Å². The van der Waals surface area contributed by atoms with Gasteiger partial charge in [-0.25, -0.2) is 0 Å². The first-order valence-electron chi connectivity index (χ1n) is 0.500. The van der Waals surface area contributed by atoms with Crippen molar-refractivity contribution >= 4 is 11.0 Å². The fraction of sp³-hybridized carbons (Fsp3) is 0. The van der Waals surface area contributed by atoms with Crippen LogP contribution in [-0.4, -0.2) is 4.55 Å². The van der Waals surface area contributed by atoms with E-state index in [1.165, 1.54) is 0 Å². The van der Waals surface area contributed by atoms with E-state index in [0.29, 0.717) is 0 Å². The van der Waals surface area contributed by atoms with Crippen LogP contribution in [0.3, 0.4) is 0 Å². The molecule has 0 fully saturated rings. The average molecular weight is 159 g/mol. The molecule has 0 aromatic rings. The molecule has 0 aromatic heterocycles. The monoisotopic (exact) mass is 159 g/mol. The van der Waals surface area contributed by atoms with E-state index >= 15 is 0 Å². The van der Waals surface area contributed by atoms with E-state index in [0.717, 1.165) is 0 Å². The molecule has 0 atom stereocenters. The predicted molar refractivity (Wildman–Crippen MR) is 9.52 cm³/mol. The Kier molecular flexibility index (Phi) is 25.2. The molecule has 0 amide bonds. The molecule has 0 aliphatic rings. The molecule has 6 heteroatoms. The van der Waals surface area contributed by atoms with Gasteiger partial charge < -0.3 is 13.0 Å². The molecule has 0 spiro atoms. The Labute approximate surface area is 70.0 Å². The zero-order valence-corrected chi connectivity index (χ0v) is 6.91. The van der Waals surface area contributed by atoms with Crippen molar-refractivity contribution in [3.05, 3.63) is 0 Å². The van der Waals surface area contributed by atoms with Gasteiger partial charge in [-0.2, -0.15) is 11.0 Å². The molecular formula is FeNaO3S+. The van der Waals surface area contributed by atoms with Crippen molar-refractivity contribution in [2.75, 3.05) is 0 Å². The topological polar surface area (TPSA) is 57.2 Å². The summed E-state index contributed by atoms with van der Waals surface area (Å²) in [7, 11) is -3.11. The molecule has 0 heterocycles. The smallest absolute Gasteiger partial charge is 0.917 e. The molecule has 6 heavy (non-hydrogen) atoms. The average Bonchev–Trinajstić information content (AvgIpc) is 0.811. The van der Waals surface area contributed by atoms with E-state index in [2.05, 4.69) is 0 Å². The van der Waals surface area contributed by atoms with Gasteiger partial charge in [-0.05, 0) is 0 Å². The fourth-order valence-electron chi connectivity index (χ4n) is 0. The molecule has 0 unspecified atom stereocenters. The third-order valence-electron chi connectivity index (χ3n) is 0. The summed E-state index contributed by atoms with van der Waals surface area (Å²) >= 11 is 0. The van der Waals surface area contributed by atoms with Gasteiger partial charge in [0.25, 0.3) is 0 Å². The zero-order valence-electron chi connectivity index (χ0n) is 2.99. The van der Waals surface area contributed by atoms with Crippen molar-refractivity contribution in [3.8, 4) is 0 Å². The Balaban J connectivity index is -0.0000000450. The summed E-state index contributed by atoms with van der Waals surface area (Å²) in [5.74, 6) is 0. The van der Waals surface area contributed by atoms with Gasteiger partial charge in [0.15, 0.2) is 0 Å². The summed E-state index contributed by atoms with van der Waals surface area (Å²) < 4.78 is 25.3. The van der Waals surface area contributed by atoms with Crippen LogP contribution in [0.5, 0.6) is 0 Å². The van der Waals surface area contributed by atoms with Crippen molar-refractivity contribution < 1.29 is 59.6 Å². The summed E-state index contributed by atoms with van der Waals surface area (Å²) in [6.45, 7) is 0. The maximum Gasteiger partial charge on any atom is 2.00 e. The van der Waals surface area contributed by atoms with Crippen LogP contribution in [-0.2, 0) is 36.5 Å². The Morgan fingerprint density at radius 1 is 1.33 bits per heavy atom. The maximum absolute atomic E-state index is 8.44. The van der Waals surface area contributed by atoms with Gasteiger partial charge in [0.1, 0.15) is 0 Å². The van der Waals surface area contributed by atoms with Crippen LogP contribution in [0, 0.1) is 0 Å². The first kappa shape index (κ1) is 15.7. The van der Waals surface area contributed by atoms with Gasteiger partial charge >= 0.3 is 46.6 Å². The molecule has 3 nitrogen and oxygen atoms in total. The minimum Gasteiger partial charge on any atom is -0.917 e. The largest absolute Gasteiger partial charge is 2.00 e. The van der Waals surface area contributed by atoms with Crippen molar-refractivity contribution in [1.29, 1.82) is 0 Å². The number of hydrogen-bond acceptors (Lipinski definition) is 4. The Morgan fingerprint density at radius 2 is 1.33 bits per heavy atom. The van der Waals surface area contributed by atoms with Crippen LogP contribution < -0.4 is 29.6 Å². The second kappa shape index (κ2) is 9.66. The van der Waals surface area contributed by atoms with Gasteiger partial charge in [-0.15, -0.1) is 0 Å². The van der Waals surface area contributed by atoms with Crippen LogP contribution >= 0.6 is 0 Å². The van der Waals surface area contributed by atoms with Gasteiger partial charge in [0.2, 0.25) is 0 Å². The van der Waals surface area contributed by atoms with Gasteiger partial charge in [-0.3, -0.25) is 0 Å². The normalized spacial score (nSPS) is 5.67. The Bertz CT molecular complexity index is 59.2. The first-order valence-corrected chi connectivity index (χ1v) is 1.50. The number of hydrogen-bond donors (Lipinski definition) is 0. The van der Waals surface area contributed by atoms with Crippen LogP contribution in [0.1, 0.15) is 0 Å². The molecule has 0 bridgehead atoms. The van der Waals surface area contributed by atoms with E-state index in [1.807, 2.05) is 0 Å². The molecule has 0 aliphatic heterocycles. The Morgan fingerprint density at radius 3 is 1.33 bits per heavy atom. The summed E-state index contributed by atoms with van der Waals surface area (Å²) in [6, 6.07) is 0. The molecular weight excluding hydrogens is 159 g/mol. The standard InChI is InChI=1S/Fe.Na.O3S/c;;1-4(2)3/q+2;+1;-2. The molecule has 0 saturated carbocycles. The third-order valence-corrected chi connectivity index (χ3v) is 0. The van der Waals surface area contributed by atoms with Crippen LogP contribution in [0.15, 0.2) is 0 Å². The van der Waals surface area contributed by atoms with Crippen LogP contribution in [0.4, 0.5) is 0 Å². The van der Waals surface area contributed by atoms with Crippen LogP contribution in [0.2, 0.25) is 0 Å². The maximum atomic E-state index is 8.44. The zero-order chi connectivity index (χ0) is 3.58. The van der Waals surface area contributed by atoms with Gasteiger partial charge in [0.05, 0.1) is 0 Å². The van der Waals surface area contributed by atoms with Gasteiger partial charge in [0, 0.05) is 0 Å². The molecule has 0 saturated heterocycles. The minimum atomic E-state index is -3.11. The summed E-state index contributed by atoms with van der Waals surface area (Å²) in [5, 5.41) is 0. The van der Waals surface area contributed by atoms with E-state index in [1.54, 1.807) is 0 Å². The van der Waals surface area contributed by atoms with Gasteiger partial charge in [-0.1, -0.05) is 0 Å². The summed E-state index contributed by atoms with van der Waals surface area (Å²) in [5.41, 5.74) is 0. The van der Waals surface area contributed by atoms with Crippen molar-refractivity contribution in [1.82, 2.24) is 0 Å². The summed E-state index contributed by atoms with van der Waals surface area (Å²) in [4.78, 5) is 0. The molecule has 0 aliphatic carbocycles. The third kappa shape index (κ3) is 52.1. The second-order valence-electron chi connectivity index (χ2n) is 0.204. The molecule has 0 N–H and O–H groups in total.